The molecule has 1 atom stereocenters. The number of fused-ring (bicyclic) bond motifs is 3. The van der Waals surface area contributed by atoms with Gasteiger partial charge in [0.05, 0.1) is 6.04 Å². The van der Waals surface area contributed by atoms with E-state index in [-0.39, 0.29) is 25.4 Å². The average Bonchev–Trinajstić information content (AvgIpc) is 3.09. The minimum absolute atomic E-state index is 0.0247. The number of nitrogens with one attached hydrogen (secondary N) is 1. The second-order valence-electron chi connectivity index (χ2n) is 7.51. The van der Waals surface area contributed by atoms with Gasteiger partial charge in [-0.1, -0.05) is 76.6 Å². The molecular weight excluding hydrogens is 458 g/mol. The fourth-order valence-corrected chi connectivity index (χ4v) is 4.33. The number of amides is 1. The zero-order chi connectivity index (χ0) is 21.8. The molecule has 1 aliphatic rings. The summed E-state index contributed by atoms with van der Waals surface area (Å²) in [6.07, 6.45) is -0.328. The van der Waals surface area contributed by atoms with Gasteiger partial charge in [-0.05, 0) is 46.4 Å². The molecule has 1 unspecified atom stereocenters. The molecule has 158 valence electrons. The summed E-state index contributed by atoms with van der Waals surface area (Å²) in [4.78, 5) is 23.7. The molecule has 0 spiro atoms. The predicted octanol–water partition coefficient (Wildman–Crippen LogP) is 5.89. The van der Waals surface area contributed by atoms with Gasteiger partial charge in [-0.25, -0.2) is 4.79 Å². The number of hydrogen-bond donors (Lipinski definition) is 2. The number of benzene rings is 3. The molecule has 0 bridgehead atoms. The minimum atomic E-state index is -0.906. The van der Waals surface area contributed by atoms with Crippen molar-refractivity contribution >= 4 is 28.0 Å². The molecule has 0 heterocycles. The lowest BCUT2D eigenvalue weighted by atomic mass is 9.98. The molecule has 0 aliphatic heterocycles. The SMILES string of the molecule is O=C(O)CCC(NC(=O)OCC1c2ccccc2-c2ccccc21)c1ccc(Br)cc1. The van der Waals surface area contributed by atoms with Crippen molar-refractivity contribution in [2.45, 2.75) is 24.8 Å². The number of rotatable bonds is 7. The number of carboxylic acids is 1. The fourth-order valence-electron chi connectivity index (χ4n) is 4.07. The van der Waals surface area contributed by atoms with Gasteiger partial charge in [0.1, 0.15) is 6.61 Å². The van der Waals surface area contributed by atoms with Crippen LogP contribution in [0.4, 0.5) is 4.79 Å². The van der Waals surface area contributed by atoms with Gasteiger partial charge in [-0.2, -0.15) is 0 Å². The van der Waals surface area contributed by atoms with Crippen molar-refractivity contribution in [3.8, 4) is 11.1 Å². The Hall–Kier alpha value is -3.12. The molecule has 2 N–H and O–H groups in total. The highest BCUT2D eigenvalue weighted by Crippen LogP contribution is 2.44. The monoisotopic (exact) mass is 479 g/mol. The van der Waals surface area contributed by atoms with E-state index in [1.165, 1.54) is 11.1 Å². The Morgan fingerprint density at radius 1 is 0.935 bits per heavy atom. The molecule has 31 heavy (non-hydrogen) atoms. The van der Waals surface area contributed by atoms with E-state index in [4.69, 9.17) is 9.84 Å². The first-order valence-electron chi connectivity index (χ1n) is 10.1. The molecule has 1 amide bonds. The smallest absolute Gasteiger partial charge is 0.407 e. The summed E-state index contributed by atoms with van der Waals surface area (Å²) in [5.41, 5.74) is 5.46. The van der Waals surface area contributed by atoms with Gasteiger partial charge in [0.15, 0.2) is 0 Å². The first kappa shape index (κ1) is 21.1. The van der Waals surface area contributed by atoms with E-state index in [9.17, 15) is 9.59 Å². The Balaban J connectivity index is 1.46. The largest absolute Gasteiger partial charge is 0.481 e. The highest BCUT2D eigenvalue weighted by Gasteiger charge is 2.29. The molecule has 1 aliphatic carbocycles. The molecule has 5 nitrogen and oxygen atoms in total. The van der Waals surface area contributed by atoms with E-state index in [2.05, 4.69) is 45.5 Å². The number of ether oxygens (including phenoxy) is 1. The number of hydrogen-bond acceptors (Lipinski definition) is 3. The lowest BCUT2D eigenvalue weighted by molar-refractivity contribution is -0.137. The van der Waals surface area contributed by atoms with E-state index >= 15 is 0 Å². The summed E-state index contributed by atoms with van der Waals surface area (Å²) in [5, 5.41) is 11.9. The van der Waals surface area contributed by atoms with Crippen molar-refractivity contribution < 1.29 is 19.4 Å². The summed E-state index contributed by atoms with van der Waals surface area (Å²) >= 11 is 3.39. The average molecular weight is 480 g/mol. The summed E-state index contributed by atoms with van der Waals surface area (Å²) in [7, 11) is 0. The van der Waals surface area contributed by atoms with Crippen LogP contribution in [0.3, 0.4) is 0 Å². The van der Waals surface area contributed by atoms with E-state index in [0.29, 0.717) is 0 Å². The fraction of sp³-hybridized carbons (Fsp3) is 0.200. The van der Waals surface area contributed by atoms with Gasteiger partial charge in [0.2, 0.25) is 0 Å². The molecule has 0 aromatic heterocycles. The first-order valence-corrected chi connectivity index (χ1v) is 10.9. The van der Waals surface area contributed by atoms with Crippen molar-refractivity contribution in [3.63, 3.8) is 0 Å². The van der Waals surface area contributed by atoms with Crippen LogP contribution < -0.4 is 5.32 Å². The minimum Gasteiger partial charge on any atom is -0.481 e. The molecule has 0 saturated carbocycles. The predicted molar refractivity (Wildman–Crippen MR) is 122 cm³/mol. The highest BCUT2D eigenvalue weighted by molar-refractivity contribution is 9.10. The molecule has 4 rings (SSSR count). The maximum atomic E-state index is 12.6. The van der Waals surface area contributed by atoms with Crippen LogP contribution in [-0.4, -0.2) is 23.8 Å². The van der Waals surface area contributed by atoms with Gasteiger partial charge in [-0.3, -0.25) is 4.79 Å². The Bertz CT molecular complexity index is 1050. The van der Waals surface area contributed by atoms with Gasteiger partial charge in [-0.15, -0.1) is 0 Å². The van der Waals surface area contributed by atoms with Crippen molar-refractivity contribution in [1.29, 1.82) is 0 Å². The lowest BCUT2D eigenvalue weighted by Crippen LogP contribution is -2.30. The number of carbonyl (C=O) groups excluding carboxylic acids is 1. The highest BCUT2D eigenvalue weighted by atomic mass is 79.9. The van der Waals surface area contributed by atoms with Crippen LogP contribution in [-0.2, 0) is 9.53 Å². The topological polar surface area (TPSA) is 75.6 Å². The van der Waals surface area contributed by atoms with Gasteiger partial charge in [0.25, 0.3) is 0 Å². The summed E-state index contributed by atoms with van der Waals surface area (Å²) in [6, 6.07) is 23.3. The zero-order valence-electron chi connectivity index (χ0n) is 16.8. The van der Waals surface area contributed by atoms with Crippen LogP contribution in [0.2, 0.25) is 0 Å². The molecule has 0 fully saturated rings. The Morgan fingerprint density at radius 3 is 2.10 bits per heavy atom. The normalized spacial score (nSPS) is 13.2. The quantitative estimate of drug-likeness (QED) is 0.442. The first-order chi connectivity index (χ1) is 15.0. The maximum Gasteiger partial charge on any atom is 0.407 e. The van der Waals surface area contributed by atoms with Gasteiger partial charge in [0, 0.05) is 16.8 Å². The molecular formula is C25H22BrNO4. The summed E-state index contributed by atoms with van der Waals surface area (Å²) in [6.45, 7) is 0.214. The second-order valence-corrected chi connectivity index (χ2v) is 8.42. The third-order valence-corrected chi connectivity index (χ3v) is 6.08. The number of aliphatic carboxylic acids is 1. The van der Waals surface area contributed by atoms with Crippen LogP contribution in [0.25, 0.3) is 11.1 Å². The lowest BCUT2D eigenvalue weighted by Gasteiger charge is -2.20. The van der Waals surface area contributed by atoms with Crippen molar-refractivity contribution in [2.75, 3.05) is 6.61 Å². The Labute approximate surface area is 189 Å². The third-order valence-electron chi connectivity index (χ3n) is 5.56. The molecule has 3 aromatic rings. The number of carbonyl (C=O) groups is 2. The third kappa shape index (κ3) is 4.80. The number of alkyl carbamates (subject to hydrolysis) is 1. The molecule has 3 aromatic carbocycles. The number of carboxylic acid groups (broad SMARTS) is 1. The van der Waals surface area contributed by atoms with E-state index in [1.54, 1.807) is 0 Å². The van der Waals surface area contributed by atoms with Crippen molar-refractivity contribution in [1.82, 2.24) is 5.32 Å². The Morgan fingerprint density at radius 2 is 1.52 bits per heavy atom. The molecule has 0 radical (unpaired) electrons. The molecule has 0 saturated heterocycles. The van der Waals surface area contributed by atoms with Crippen LogP contribution >= 0.6 is 15.9 Å². The van der Waals surface area contributed by atoms with Crippen LogP contribution in [0.1, 0.15) is 41.5 Å². The van der Waals surface area contributed by atoms with E-state index in [1.807, 2.05) is 48.5 Å². The van der Waals surface area contributed by atoms with Crippen molar-refractivity contribution in [2.24, 2.45) is 0 Å². The van der Waals surface area contributed by atoms with E-state index in [0.717, 1.165) is 21.2 Å². The van der Waals surface area contributed by atoms with Gasteiger partial charge < -0.3 is 15.2 Å². The molecule has 6 heteroatoms. The maximum absolute atomic E-state index is 12.6. The van der Waals surface area contributed by atoms with Gasteiger partial charge >= 0.3 is 12.1 Å². The standard InChI is InChI=1S/C25H22BrNO4/c26-17-11-9-16(10-12-17)23(13-14-24(28)29)27-25(30)31-15-22-20-7-3-1-5-18(20)19-6-2-4-8-21(19)22/h1-12,22-23H,13-15H2,(H,27,30)(H,28,29). The van der Waals surface area contributed by atoms with Crippen molar-refractivity contribution in [3.05, 3.63) is 94.0 Å². The van der Waals surface area contributed by atoms with Crippen LogP contribution in [0, 0.1) is 0 Å². The zero-order valence-corrected chi connectivity index (χ0v) is 18.3. The van der Waals surface area contributed by atoms with Crippen LogP contribution in [0.15, 0.2) is 77.3 Å². The summed E-state index contributed by atoms with van der Waals surface area (Å²) < 4.78 is 6.53. The van der Waals surface area contributed by atoms with Crippen LogP contribution in [0.5, 0.6) is 0 Å². The summed E-state index contributed by atoms with van der Waals surface area (Å²) in [5.74, 6) is -0.931. The second kappa shape index (κ2) is 9.35. The Kier molecular flexibility index (Phi) is 6.37. The van der Waals surface area contributed by atoms with E-state index < -0.39 is 18.1 Å². The number of halogens is 1.